The summed E-state index contributed by atoms with van der Waals surface area (Å²) in [7, 11) is 1.67. The highest BCUT2D eigenvalue weighted by Gasteiger charge is 2.24. The van der Waals surface area contributed by atoms with Gasteiger partial charge in [-0.2, -0.15) is 0 Å². The zero-order chi connectivity index (χ0) is 13.1. The van der Waals surface area contributed by atoms with E-state index in [1.54, 1.807) is 13.3 Å². The van der Waals surface area contributed by atoms with Crippen LogP contribution in [0.1, 0.15) is 46.3 Å². The maximum absolute atomic E-state index is 5.68. The molecule has 1 aromatic rings. The minimum Gasteiger partial charge on any atom is -0.443 e. The smallest absolute Gasteiger partial charge is 0.195 e. The molecule has 4 nitrogen and oxygen atoms in total. The maximum Gasteiger partial charge on any atom is 0.195 e. The van der Waals surface area contributed by atoms with Crippen molar-refractivity contribution in [2.24, 2.45) is 0 Å². The highest BCUT2D eigenvalue weighted by molar-refractivity contribution is 5.03. The molecule has 1 rings (SSSR count). The molecule has 0 aliphatic rings. The molecule has 0 fully saturated rings. The van der Waals surface area contributed by atoms with Gasteiger partial charge in [0.2, 0.25) is 0 Å². The lowest BCUT2D eigenvalue weighted by atomic mass is 10.1. The number of ether oxygens (including phenoxy) is 1. The second-order valence-corrected chi connectivity index (χ2v) is 5.76. The molecule has 0 aliphatic carbocycles. The molecule has 0 bridgehead atoms. The largest absolute Gasteiger partial charge is 0.443 e. The van der Waals surface area contributed by atoms with Gasteiger partial charge in [-0.3, -0.25) is 0 Å². The van der Waals surface area contributed by atoms with Crippen LogP contribution in [0.25, 0.3) is 0 Å². The van der Waals surface area contributed by atoms with Gasteiger partial charge in [0.1, 0.15) is 5.60 Å². The molecule has 0 radical (unpaired) electrons. The van der Waals surface area contributed by atoms with E-state index in [-0.39, 0.29) is 5.54 Å². The third-order valence-electron chi connectivity index (χ3n) is 2.65. The summed E-state index contributed by atoms with van der Waals surface area (Å²) in [5.74, 6) is 1.52. The van der Waals surface area contributed by atoms with E-state index in [4.69, 9.17) is 9.15 Å². The molecule has 0 saturated heterocycles. The van der Waals surface area contributed by atoms with Crippen molar-refractivity contribution in [1.82, 2.24) is 10.3 Å². The van der Waals surface area contributed by atoms with Crippen LogP contribution in [0, 0.1) is 0 Å². The fourth-order valence-corrected chi connectivity index (χ4v) is 1.35. The second-order valence-electron chi connectivity index (χ2n) is 5.76. The quantitative estimate of drug-likeness (QED) is 0.859. The Morgan fingerprint density at radius 2 is 1.94 bits per heavy atom. The number of hydrogen-bond donors (Lipinski definition) is 1. The van der Waals surface area contributed by atoms with E-state index in [2.05, 4.69) is 31.1 Å². The summed E-state index contributed by atoms with van der Waals surface area (Å²) in [5.41, 5.74) is -0.288. The summed E-state index contributed by atoms with van der Waals surface area (Å²) in [4.78, 5) is 4.26. The summed E-state index contributed by atoms with van der Waals surface area (Å²) < 4.78 is 11.0. The van der Waals surface area contributed by atoms with Crippen molar-refractivity contribution in [2.75, 3.05) is 13.7 Å². The standard InChI is InChI=1S/C13H24N2O2/c1-12(2,3)15-8-7-11-14-9-10(17-11)13(4,5)16-6/h9,15H,7-8H2,1-6H3. The van der Waals surface area contributed by atoms with Crippen LogP contribution >= 0.6 is 0 Å². The third kappa shape index (κ3) is 4.48. The number of nitrogens with one attached hydrogen (secondary N) is 1. The average Bonchev–Trinajstić information content (AvgIpc) is 2.65. The van der Waals surface area contributed by atoms with E-state index in [0.717, 1.165) is 24.6 Å². The van der Waals surface area contributed by atoms with Crippen LogP contribution in [0.3, 0.4) is 0 Å². The highest BCUT2D eigenvalue weighted by atomic mass is 16.5. The normalized spacial score (nSPS) is 13.1. The molecule has 0 unspecified atom stereocenters. The molecule has 0 aromatic carbocycles. The molecular weight excluding hydrogens is 216 g/mol. The van der Waals surface area contributed by atoms with Crippen molar-refractivity contribution in [3.63, 3.8) is 0 Å². The van der Waals surface area contributed by atoms with Crippen molar-refractivity contribution < 1.29 is 9.15 Å². The Morgan fingerprint density at radius 3 is 2.47 bits per heavy atom. The van der Waals surface area contributed by atoms with Gasteiger partial charge in [-0.15, -0.1) is 0 Å². The topological polar surface area (TPSA) is 47.3 Å². The Labute approximate surface area is 104 Å². The van der Waals surface area contributed by atoms with Gasteiger partial charge >= 0.3 is 0 Å². The van der Waals surface area contributed by atoms with E-state index in [1.807, 2.05) is 13.8 Å². The Bertz CT molecular complexity index is 351. The fraction of sp³-hybridized carbons (Fsp3) is 0.769. The summed E-state index contributed by atoms with van der Waals surface area (Å²) in [6.07, 6.45) is 2.53. The average molecular weight is 240 g/mol. The van der Waals surface area contributed by atoms with Crippen LogP contribution in [-0.4, -0.2) is 24.2 Å². The minimum atomic E-state index is -0.414. The predicted molar refractivity (Wildman–Crippen MR) is 68.0 cm³/mol. The first kappa shape index (κ1) is 14.2. The second kappa shape index (κ2) is 5.19. The number of nitrogens with zero attached hydrogens (tertiary/aromatic N) is 1. The van der Waals surface area contributed by atoms with Crippen molar-refractivity contribution >= 4 is 0 Å². The zero-order valence-electron chi connectivity index (χ0n) is 11.8. The van der Waals surface area contributed by atoms with Crippen LogP contribution in [0.4, 0.5) is 0 Å². The monoisotopic (exact) mass is 240 g/mol. The van der Waals surface area contributed by atoms with Crippen molar-refractivity contribution in [1.29, 1.82) is 0 Å². The summed E-state index contributed by atoms with van der Waals surface area (Å²) in [5, 5.41) is 3.40. The zero-order valence-corrected chi connectivity index (χ0v) is 11.8. The maximum atomic E-state index is 5.68. The molecule has 1 N–H and O–H groups in total. The number of aromatic nitrogens is 1. The van der Waals surface area contributed by atoms with E-state index in [9.17, 15) is 0 Å². The van der Waals surface area contributed by atoms with Gasteiger partial charge in [-0.05, 0) is 34.6 Å². The van der Waals surface area contributed by atoms with Crippen molar-refractivity contribution in [3.8, 4) is 0 Å². The van der Waals surface area contributed by atoms with Crippen molar-refractivity contribution in [3.05, 3.63) is 17.8 Å². The molecule has 0 amide bonds. The first-order chi connectivity index (χ1) is 7.74. The molecule has 0 atom stereocenters. The van der Waals surface area contributed by atoms with E-state index >= 15 is 0 Å². The van der Waals surface area contributed by atoms with Gasteiger partial charge < -0.3 is 14.5 Å². The SMILES string of the molecule is COC(C)(C)c1cnc(CCNC(C)(C)C)o1. The molecule has 1 heterocycles. The van der Waals surface area contributed by atoms with Gasteiger partial charge in [0, 0.05) is 25.6 Å². The number of hydrogen-bond acceptors (Lipinski definition) is 4. The van der Waals surface area contributed by atoms with Crippen molar-refractivity contribution in [2.45, 2.75) is 52.2 Å². The Balaban J connectivity index is 2.52. The molecule has 17 heavy (non-hydrogen) atoms. The first-order valence-electron chi connectivity index (χ1n) is 6.00. The van der Waals surface area contributed by atoms with E-state index < -0.39 is 5.60 Å². The van der Waals surface area contributed by atoms with Gasteiger partial charge in [0.25, 0.3) is 0 Å². The third-order valence-corrected chi connectivity index (χ3v) is 2.65. The number of oxazole rings is 1. The molecule has 0 aliphatic heterocycles. The summed E-state index contributed by atoms with van der Waals surface area (Å²) >= 11 is 0. The molecule has 98 valence electrons. The van der Waals surface area contributed by atoms with Crippen LogP contribution in [0.5, 0.6) is 0 Å². The molecular formula is C13H24N2O2. The number of methoxy groups -OCH3 is 1. The summed E-state index contributed by atoms with van der Waals surface area (Å²) in [6, 6.07) is 0. The van der Waals surface area contributed by atoms with E-state index in [1.165, 1.54) is 0 Å². The van der Waals surface area contributed by atoms with Gasteiger partial charge in [-0.25, -0.2) is 4.98 Å². The minimum absolute atomic E-state index is 0.126. The van der Waals surface area contributed by atoms with Crippen LogP contribution in [0.15, 0.2) is 10.6 Å². The Morgan fingerprint density at radius 1 is 1.29 bits per heavy atom. The Kier molecular flexibility index (Phi) is 4.33. The number of rotatable bonds is 5. The lowest BCUT2D eigenvalue weighted by Gasteiger charge is -2.20. The first-order valence-corrected chi connectivity index (χ1v) is 6.00. The van der Waals surface area contributed by atoms with Crippen LogP contribution in [-0.2, 0) is 16.8 Å². The van der Waals surface area contributed by atoms with Gasteiger partial charge in [0.15, 0.2) is 11.7 Å². The van der Waals surface area contributed by atoms with Crippen LogP contribution < -0.4 is 5.32 Å². The summed E-state index contributed by atoms with van der Waals surface area (Å²) in [6.45, 7) is 11.2. The predicted octanol–water partition coefficient (Wildman–Crippen LogP) is 2.49. The molecule has 1 aromatic heterocycles. The fourth-order valence-electron chi connectivity index (χ4n) is 1.35. The Hall–Kier alpha value is -0.870. The molecule has 4 heteroatoms. The molecule has 0 saturated carbocycles. The highest BCUT2D eigenvalue weighted by Crippen LogP contribution is 2.24. The van der Waals surface area contributed by atoms with Crippen LogP contribution in [0.2, 0.25) is 0 Å². The van der Waals surface area contributed by atoms with Gasteiger partial charge in [0.05, 0.1) is 6.20 Å². The lowest BCUT2D eigenvalue weighted by molar-refractivity contribution is 0.0000998. The lowest BCUT2D eigenvalue weighted by Crippen LogP contribution is -2.37. The molecule has 0 spiro atoms. The van der Waals surface area contributed by atoms with E-state index in [0.29, 0.717) is 0 Å². The van der Waals surface area contributed by atoms with Gasteiger partial charge in [-0.1, -0.05) is 0 Å².